The van der Waals surface area contributed by atoms with Crippen LogP contribution >= 0.6 is 0 Å². The number of aliphatic carboxylic acids is 1. The summed E-state index contributed by atoms with van der Waals surface area (Å²) in [4.78, 5) is 36.1. The Morgan fingerprint density at radius 3 is 2.84 bits per heavy atom. The predicted octanol–water partition coefficient (Wildman–Crippen LogP) is 2.17. The second-order valence-electron chi connectivity index (χ2n) is 6.94. The lowest BCUT2D eigenvalue weighted by Crippen LogP contribution is -2.55. The highest BCUT2D eigenvalue weighted by molar-refractivity contribution is 6.04. The van der Waals surface area contributed by atoms with Crippen LogP contribution in [0.15, 0.2) is 18.2 Å². The lowest BCUT2D eigenvalue weighted by molar-refractivity contribution is -0.145. The smallest absolute Gasteiger partial charge is 0.308 e. The van der Waals surface area contributed by atoms with E-state index in [2.05, 4.69) is 10.6 Å². The molecule has 3 N–H and O–H groups in total. The fraction of sp³-hybridized carbons (Fsp3) is 0.500. The van der Waals surface area contributed by atoms with Crippen molar-refractivity contribution in [3.63, 3.8) is 0 Å². The summed E-state index contributed by atoms with van der Waals surface area (Å²) in [7, 11) is 0. The van der Waals surface area contributed by atoms with Gasteiger partial charge in [0.05, 0.1) is 22.7 Å². The first-order valence-electron chi connectivity index (χ1n) is 8.47. The SMILES string of the molecule is CC1Oc2c(cccc2C(=O)NC2(C)CCCCC2C(=O)O)NC1=O. The molecule has 0 bridgehead atoms. The quantitative estimate of drug-likeness (QED) is 0.778. The van der Waals surface area contributed by atoms with Crippen LogP contribution in [0.4, 0.5) is 5.69 Å². The Hall–Kier alpha value is -2.57. The minimum atomic E-state index is -0.894. The summed E-state index contributed by atoms with van der Waals surface area (Å²) in [5.74, 6) is -1.86. The highest BCUT2D eigenvalue weighted by Gasteiger charge is 2.42. The van der Waals surface area contributed by atoms with E-state index < -0.39 is 29.4 Å². The van der Waals surface area contributed by atoms with Gasteiger partial charge < -0.3 is 20.5 Å². The number of fused-ring (bicyclic) bond motifs is 1. The number of hydrogen-bond donors (Lipinski definition) is 3. The molecule has 1 fully saturated rings. The molecule has 0 aromatic heterocycles. The molecule has 134 valence electrons. The van der Waals surface area contributed by atoms with E-state index in [1.165, 1.54) is 0 Å². The molecule has 0 saturated heterocycles. The van der Waals surface area contributed by atoms with E-state index in [1.54, 1.807) is 32.0 Å². The van der Waals surface area contributed by atoms with Gasteiger partial charge in [-0.25, -0.2) is 0 Å². The minimum absolute atomic E-state index is 0.268. The maximum absolute atomic E-state index is 12.8. The summed E-state index contributed by atoms with van der Waals surface area (Å²) in [5.41, 5.74) is -0.0763. The van der Waals surface area contributed by atoms with Gasteiger partial charge in [-0.3, -0.25) is 14.4 Å². The van der Waals surface area contributed by atoms with Crippen LogP contribution in [-0.4, -0.2) is 34.5 Å². The van der Waals surface area contributed by atoms with Crippen LogP contribution in [-0.2, 0) is 9.59 Å². The fourth-order valence-corrected chi connectivity index (χ4v) is 3.61. The maximum atomic E-state index is 12.8. The summed E-state index contributed by atoms with van der Waals surface area (Å²) in [5, 5.41) is 15.1. The van der Waals surface area contributed by atoms with Crippen LogP contribution in [0.1, 0.15) is 49.9 Å². The zero-order valence-corrected chi connectivity index (χ0v) is 14.3. The largest absolute Gasteiger partial charge is 0.481 e. The van der Waals surface area contributed by atoms with Crippen molar-refractivity contribution in [2.45, 2.75) is 51.2 Å². The highest BCUT2D eigenvalue weighted by Crippen LogP contribution is 2.36. The van der Waals surface area contributed by atoms with E-state index in [4.69, 9.17) is 4.74 Å². The number of hydrogen-bond acceptors (Lipinski definition) is 4. The molecule has 7 nitrogen and oxygen atoms in total. The molecule has 1 aromatic carbocycles. The first-order valence-corrected chi connectivity index (χ1v) is 8.47. The van der Waals surface area contributed by atoms with Crippen molar-refractivity contribution in [3.8, 4) is 5.75 Å². The first kappa shape index (κ1) is 17.3. The van der Waals surface area contributed by atoms with Gasteiger partial charge in [0.2, 0.25) is 0 Å². The molecule has 1 aliphatic carbocycles. The first-order chi connectivity index (χ1) is 11.8. The standard InChI is InChI=1S/C18H22N2O5/c1-10-15(21)19-13-8-5-6-11(14(13)25-10)16(22)20-18(2)9-4-3-7-12(18)17(23)24/h5-6,8,10,12H,3-4,7,9H2,1-2H3,(H,19,21)(H,20,22)(H,23,24). The molecule has 25 heavy (non-hydrogen) atoms. The van der Waals surface area contributed by atoms with Gasteiger partial charge in [0.25, 0.3) is 11.8 Å². The van der Waals surface area contributed by atoms with Crippen LogP contribution in [0.2, 0.25) is 0 Å². The van der Waals surface area contributed by atoms with Crippen molar-refractivity contribution in [1.29, 1.82) is 0 Å². The van der Waals surface area contributed by atoms with Gasteiger partial charge in [-0.2, -0.15) is 0 Å². The number of para-hydroxylation sites is 1. The molecule has 2 amide bonds. The average Bonchev–Trinajstić information content (AvgIpc) is 2.55. The van der Waals surface area contributed by atoms with E-state index in [0.29, 0.717) is 29.8 Å². The zero-order chi connectivity index (χ0) is 18.2. The number of carboxylic acids is 1. The number of anilines is 1. The predicted molar refractivity (Wildman–Crippen MR) is 90.6 cm³/mol. The van der Waals surface area contributed by atoms with Crippen molar-refractivity contribution >= 4 is 23.5 Å². The number of carboxylic acid groups (broad SMARTS) is 1. The molecule has 3 rings (SSSR count). The van der Waals surface area contributed by atoms with Crippen molar-refractivity contribution in [2.75, 3.05) is 5.32 Å². The Kier molecular flexibility index (Phi) is 4.41. The molecular weight excluding hydrogens is 324 g/mol. The molecule has 0 spiro atoms. The second-order valence-corrected chi connectivity index (χ2v) is 6.94. The van der Waals surface area contributed by atoms with Crippen LogP contribution in [0.25, 0.3) is 0 Å². The van der Waals surface area contributed by atoms with Gasteiger partial charge in [-0.05, 0) is 38.8 Å². The summed E-state index contributed by atoms with van der Waals surface area (Å²) in [6.45, 7) is 3.39. The third-order valence-electron chi connectivity index (χ3n) is 5.09. The van der Waals surface area contributed by atoms with Gasteiger partial charge in [0, 0.05) is 0 Å². The maximum Gasteiger partial charge on any atom is 0.308 e. The average molecular weight is 346 g/mol. The van der Waals surface area contributed by atoms with Crippen LogP contribution in [0.3, 0.4) is 0 Å². The third kappa shape index (κ3) is 3.18. The second kappa shape index (κ2) is 6.38. The number of amides is 2. The number of carbonyl (C=O) groups is 3. The number of nitrogens with one attached hydrogen (secondary N) is 2. The summed E-state index contributed by atoms with van der Waals surface area (Å²) in [6.07, 6.45) is 2.17. The summed E-state index contributed by atoms with van der Waals surface area (Å²) >= 11 is 0. The Morgan fingerprint density at radius 1 is 1.36 bits per heavy atom. The van der Waals surface area contributed by atoms with Crippen LogP contribution in [0, 0.1) is 5.92 Å². The Labute approximate surface area is 145 Å². The molecule has 3 unspecified atom stereocenters. The lowest BCUT2D eigenvalue weighted by atomic mass is 9.73. The minimum Gasteiger partial charge on any atom is -0.481 e. The molecule has 1 aliphatic heterocycles. The molecule has 1 heterocycles. The Bertz CT molecular complexity index is 732. The molecule has 2 aliphatic rings. The van der Waals surface area contributed by atoms with Gasteiger partial charge >= 0.3 is 5.97 Å². The summed E-state index contributed by atoms with van der Waals surface area (Å²) < 4.78 is 5.60. The number of rotatable bonds is 3. The Balaban J connectivity index is 1.88. The van der Waals surface area contributed by atoms with E-state index in [-0.39, 0.29) is 5.91 Å². The third-order valence-corrected chi connectivity index (χ3v) is 5.09. The molecule has 1 saturated carbocycles. The van der Waals surface area contributed by atoms with Crippen LogP contribution < -0.4 is 15.4 Å². The highest BCUT2D eigenvalue weighted by atomic mass is 16.5. The number of carbonyl (C=O) groups excluding carboxylic acids is 2. The molecule has 7 heteroatoms. The van der Waals surface area contributed by atoms with E-state index in [9.17, 15) is 19.5 Å². The lowest BCUT2D eigenvalue weighted by Gasteiger charge is -2.40. The summed E-state index contributed by atoms with van der Waals surface area (Å²) in [6, 6.07) is 4.93. The van der Waals surface area contributed by atoms with Gasteiger partial charge in [0.15, 0.2) is 11.9 Å². The van der Waals surface area contributed by atoms with Crippen molar-refractivity contribution < 1.29 is 24.2 Å². The monoisotopic (exact) mass is 346 g/mol. The molecular formula is C18H22N2O5. The number of benzene rings is 1. The van der Waals surface area contributed by atoms with Crippen molar-refractivity contribution in [3.05, 3.63) is 23.8 Å². The van der Waals surface area contributed by atoms with E-state index in [0.717, 1.165) is 12.8 Å². The Morgan fingerprint density at radius 2 is 2.12 bits per heavy atom. The topological polar surface area (TPSA) is 105 Å². The zero-order valence-electron chi connectivity index (χ0n) is 14.3. The normalized spacial score (nSPS) is 28.3. The van der Waals surface area contributed by atoms with E-state index in [1.807, 2.05) is 0 Å². The fourth-order valence-electron chi connectivity index (χ4n) is 3.61. The van der Waals surface area contributed by atoms with Gasteiger partial charge in [-0.1, -0.05) is 18.9 Å². The molecule has 3 atom stereocenters. The molecule has 1 aromatic rings. The molecule has 0 radical (unpaired) electrons. The van der Waals surface area contributed by atoms with Crippen molar-refractivity contribution in [2.24, 2.45) is 5.92 Å². The number of ether oxygens (including phenoxy) is 1. The van der Waals surface area contributed by atoms with Gasteiger partial charge in [-0.15, -0.1) is 0 Å². The van der Waals surface area contributed by atoms with Crippen molar-refractivity contribution in [1.82, 2.24) is 5.32 Å². The van der Waals surface area contributed by atoms with E-state index >= 15 is 0 Å². The van der Waals surface area contributed by atoms with Gasteiger partial charge in [0.1, 0.15) is 0 Å². The van der Waals surface area contributed by atoms with Crippen LogP contribution in [0.5, 0.6) is 5.75 Å².